The molecular weight excluding hydrogens is 336 g/mol. The summed E-state index contributed by atoms with van der Waals surface area (Å²) >= 11 is 6.13. The second-order valence-corrected chi connectivity index (χ2v) is 6.06. The molecule has 1 N–H and O–H groups in total. The lowest BCUT2D eigenvalue weighted by molar-refractivity contribution is -0.384. The van der Waals surface area contributed by atoms with E-state index in [0.29, 0.717) is 19.6 Å². The molecule has 0 unspecified atom stereocenters. The van der Waals surface area contributed by atoms with Gasteiger partial charge in [-0.05, 0) is 19.1 Å². The van der Waals surface area contributed by atoms with Crippen molar-refractivity contribution in [3.8, 4) is 0 Å². The van der Waals surface area contributed by atoms with Crippen molar-refractivity contribution >= 4 is 34.8 Å². The molecule has 1 saturated heterocycles. The smallest absolute Gasteiger partial charge is 0.283 e. The summed E-state index contributed by atoms with van der Waals surface area (Å²) in [6.07, 6.45) is 0. The summed E-state index contributed by atoms with van der Waals surface area (Å²) in [5.41, 5.74) is 0.327. The van der Waals surface area contributed by atoms with E-state index in [4.69, 9.17) is 11.6 Å². The van der Waals surface area contributed by atoms with Crippen LogP contribution in [-0.4, -0.2) is 47.3 Å². The molecule has 0 aromatic heterocycles. The summed E-state index contributed by atoms with van der Waals surface area (Å²) in [5, 5.41) is 13.9. The number of nitrogens with zero attached hydrogens (tertiary/aromatic N) is 3. The molecule has 126 valence electrons. The first-order valence-electron chi connectivity index (χ1n) is 7.41. The van der Waals surface area contributed by atoms with Crippen LogP contribution in [0, 0.1) is 10.1 Å². The van der Waals surface area contributed by atoms with Crippen LogP contribution < -0.4 is 10.2 Å². The van der Waals surface area contributed by atoms with Crippen LogP contribution in [0.15, 0.2) is 35.0 Å². The highest BCUT2D eigenvalue weighted by atomic mass is 35.5. The number of rotatable bonds is 3. The number of imide groups is 1. The van der Waals surface area contributed by atoms with Crippen LogP contribution in [0.2, 0.25) is 0 Å². The van der Waals surface area contributed by atoms with Gasteiger partial charge >= 0.3 is 0 Å². The van der Waals surface area contributed by atoms with Gasteiger partial charge in [-0.1, -0.05) is 11.6 Å². The lowest BCUT2D eigenvalue weighted by Crippen LogP contribution is -2.50. The molecule has 2 aliphatic rings. The molecule has 9 heteroatoms. The summed E-state index contributed by atoms with van der Waals surface area (Å²) < 4.78 is 0. The number of benzene rings is 1. The lowest BCUT2D eigenvalue weighted by atomic mass is 10.2. The van der Waals surface area contributed by atoms with Gasteiger partial charge in [0.1, 0.15) is 10.7 Å². The number of non-ortho nitro benzene ring substituents is 1. The van der Waals surface area contributed by atoms with Crippen LogP contribution in [0.3, 0.4) is 0 Å². The van der Waals surface area contributed by atoms with Gasteiger partial charge in [0, 0.05) is 37.8 Å². The van der Waals surface area contributed by atoms with Gasteiger partial charge in [0.15, 0.2) is 0 Å². The van der Waals surface area contributed by atoms with Crippen molar-refractivity contribution in [3.05, 3.63) is 45.1 Å². The first kappa shape index (κ1) is 16.4. The fraction of sp³-hybridized carbons (Fsp3) is 0.333. The molecule has 1 atom stereocenters. The van der Waals surface area contributed by atoms with Crippen molar-refractivity contribution in [3.63, 3.8) is 0 Å². The summed E-state index contributed by atoms with van der Waals surface area (Å²) in [4.78, 5) is 38.1. The fourth-order valence-electron chi connectivity index (χ4n) is 2.86. The van der Waals surface area contributed by atoms with Crippen LogP contribution in [0.1, 0.15) is 6.92 Å². The second-order valence-electron chi connectivity index (χ2n) is 5.68. The predicted molar refractivity (Wildman–Crippen MR) is 87.5 cm³/mol. The van der Waals surface area contributed by atoms with Crippen molar-refractivity contribution in [1.82, 2.24) is 10.2 Å². The first-order chi connectivity index (χ1) is 11.4. The van der Waals surface area contributed by atoms with Gasteiger partial charge in [-0.2, -0.15) is 0 Å². The number of nitro groups is 1. The van der Waals surface area contributed by atoms with Gasteiger partial charge in [-0.15, -0.1) is 0 Å². The van der Waals surface area contributed by atoms with Crippen molar-refractivity contribution in [2.24, 2.45) is 0 Å². The molecule has 2 amide bonds. The largest absolute Gasteiger partial charge is 0.363 e. The van der Waals surface area contributed by atoms with E-state index >= 15 is 0 Å². The molecule has 24 heavy (non-hydrogen) atoms. The molecule has 1 fully saturated rings. The number of anilines is 1. The SMILES string of the molecule is C[C@H]1CN(C2=C(Cl)C(=O)N(c3ccc([N+](=O)[O-])cc3)C2=O)CCN1. The Morgan fingerprint density at radius 1 is 1.25 bits per heavy atom. The van der Waals surface area contributed by atoms with E-state index in [1.807, 2.05) is 6.92 Å². The minimum absolute atomic E-state index is 0.118. The molecule has 8 nitrogen and oxygen atoms in total. The Bertz CT molecular complexity index is 746. The van der Waals surface area contributed by atoms with Crippen LogP contribution in [0.25, 0.3) is 0 Å². The third kappa shape index (κ3) is 2.74. The second kappa shape index (κ2) is 6.21. The van der Waals surface area contributed by atoms with Crippen LogP contribution in [-0.2, 0) is 9.59 Å². The van der Waals surface area contributed by atoms with Crippen molar-refractivity contribution in [1.29, 1.82) is 0 Å². The van der Waals surface area contributed by atoms with Gasteiger partial charge in [-0.25, -0.2) is 4.90 Å². The Balaban J connectivity index is 1.89. The van der Waals surface area contributed by atoms with E-state index in [0.717, 1.165) is 4.90 Å². The maximum Gasteiger partial charge on any atom is 0.283 e. The monoisotopic (exact) mass is 350 g/mol. The molecule has 0 aliphatic carbocycles. The number of halogens is 1. The number of hydrogen-bond acceptors (Lipinski definition) is 6. The predicted octanol–water partition coefficient (Wildman–Crippen LogP) is 1.21. The highest BCUT2D eigenvalue weighted by molar-refractivity contribution is 6.52. The molecule has 0 bridgehead atoms. The maximum atomic E-state index is 12.7. The molecule has 1 aromatic rings. The lowest BCUT2D eigenvalue weighted by Gasteiger charge is -2.33. The first-order valence-corrected chi connectivity index (χ1v) is 7.79. The average molecular weight is 351 g/mol. The number of carbonyl (C=O) groups excluding carboxylic acids is 2. The molecule has 0 spiro atoms. The number of nitro benzene ring substituents is 1. The molecule has 2 heterocycles. The summed E-state index contributed by atoms with van der Waals surface area (Å²) in [7, 11) is 0. The van der Waals surface area contributed by atoms with Crippen LogP contribution in [0.5, 0.6) is 0 Å². The Kier molecular flexibility index (Phi) is 4.25. The molecule has 0 saturated carbocycles. The zero-order chi connectivity index (χ0) is 17.4. The van der Waals surface area contributed by atoms with Gasteiger partial charge < -0.3 is 10.2 Å². The summed E-state index contributed by atoms with van der Waals surface area (Å²) in [5.74, 6) is -1.12. The Morgan fingerprint density at radius 3 is 2.50 bits per heavy atom. The molecule has 3 rings (SSSR count). The maximum absolute atomic E-state index is 12.7. The van der Waals surface area contributed by atoms with Gasteiger partial charge in [0.2, 0.25) is 0 Å². The molecule has 1 aromatic carbocycles. The Hall–Kier alpha value is -2.45. The summed E-state index contributed by atoms with van der Waals surface area (Å²) in [6, 6.07) is 5.39. The van der Waals surface area contributed by atoms with Crippen molar-refractivity contribution in [2.45, 2.75) is 13.0 Å². The zero-order valence-corrected chi connectivity index (χ0v) is 13.6. The summed E-state index contributed by atoms with van der Waals surface area (Å²) in [6.45, 7) is 3.81. The van der Waals surface area contributed by atoms with E-state index in [1.54, 1.807) is 4.90 Å². The van der Waals surface area contributed by atoms with Gasteiger partial charge in [-0.3, -0.25) is 19.7 Å². The quantitative estimate of drug-likeness (QED) is 0.500. The molecule has 2 aliphatic heterocycles. The van der Waals surface area contributed by atoms with Gasteiger partial charge in [0.05, 0.1) is 10.6 Å². The van der Waals surface area contributed by atoms with Crippen molar-refractivity contribution in [2.75, 3.05) is 24.5 Å². The number of nitrogens with one attached hydrogen (secondary N) is 1. The molecule has 0 radical (unpaired) electrons. The van der Waals surface area contributed by atoms with Crippen LogP contribution >= 0.6 is 11.6 Å². The third-order valence-corrected chi connectivity index (χ3v) is 4.35. The standard InChI is InChI=1S/C15H15ClN4O4/c1-9-8-18(7-6-17-9)13-12(16)14(21)19(15(13)22)10-2-4-11(5-3-10)20(23)24/h2-5,9,17H,6-8H2,1H3/t9-/m0/s1. The molecular formula is C15H15ClN4O4. The van der Waals surface area contributed by atoms with E-state index in [9.17, 15) is 19.7 Å². The Morgan fingerprint density at radius 2 is 1.92 bits per heavy atom. The zero-order valence-electron chi connectivity index (χ0n) is 12.9. The minimum Gasteiger partial charge on any atom is -0.363 e. The minimum atomic E-state index is -0.614. The van der Waals surface area contributed by atoms with E-state index in [1.165, 1.54) is 24.3 Å². The Labute approximate surface area is 142 Å². The normalized spacial score (nSPS) is 21.7. The van der Waals surface area contributed by atoms with E-state index in [2.05, 4.69) is 5.32 Å². The third-order valence-electron chi connectivity index (χ3n) is 4.01. The van der Waals surface area contributed by atoms with E-state index < -0.39 is 16.7 Å². The fourth-order valence-corrected chi connectivity index (χ4v) is 3.14. The topological polar surface area (TPSA) is 95.8 Å². The highest BCUT2D eigenvalue weighted by Crippen LogP contribution is 2.32. The number of carbonyl (C=O) groups is 2. The van der Waals surface area contributed by atoms with Crippen LogP contribution in [0.4, 0.5) is 11.4 Å². The number of hydrogen-bond donors (Lipinski definition) is 1. The van der Waals surface area contributed by atoms with Crippen molar-refractivity contribution < 1.29 is 14.5 Å². The highest BCUT2D eigenvalue weighted by Gasteiger charge is 2.42. The average Bonchev–Trinajstić information content (AvgIpc) is 2.77. The number of amides is 2. The van der Waals surface area contributed by atoms with Gasteiger partial charge in [0.25, 0.3) is 17.5 Å². The number of piperazine rings is 1. The van der Waals surface area contributed by atoms with E-state index in [-0.39, 0.29) is 28.1 Å².